The molecule has 1 heterocycles. The molecule has 1 aliphatic heterocycles. The number of nitrogens with one attached hydrogen (secondary N) is 1. The van der Waals surface area contributed by atoms with Crippen molar-refractivity contribution in [3.05, 3.63) is 24.3 Å². The average molecular weight is 244 g/mol. The van der Waals surface area contributed by atoms with Crippen molar-refractivity contribution >= 4 is 17.3 Å². The van der Waals surface area contributed by atoms with Gasteiger partial charge in [0.15, 0.2) is 0 Å². The lowest BCUT2D eigenvalue weighted by atomic mass is 10.1. The Bertz CT molecular complexity index is 417. The highest BCUT2D eigenvalue weighted by molar-refractivity contribution is 5.94. The third-order valence-corrected chi connectivity index (χ3v) is 3.80. The van der Waals surface area contributed by atoms with Crippen LogP contribution in [0.4, 0.5) is 11.4 Å². The van der Waals surface area contributed by atoms with E-state index < -0.39 is 0 Å². The number of hydrogen-bond donors (Lipinski definition) is 1. The summed E-state index contributed by atoms with van der Waals surface area (Å²) in [5.41, 5.74) is 2.20. The number of benzene rings is 1. The molecule has 18 heavy (non-hydrogen) atoms. The third kappa shape index (κ3) is 2.66. The minimum Gasteiger partial charge on any atom is -0.372 e. The van der Waals surface area contributed by atoms with Crippen LogP contribution in [-0.2, 0) is 4.79 Å². The average Bonchev–Trinajstić information content (AvgIpc) is 3.25. The van der Waals surface area contributed by atoms with Crippen molar-refractivity contribution in [3.63, 3.8) is 0 Å². The number of carbonyl (C=O) groups is 1. The second-order valence-electron chi connectivity index (χ2n) is 5.36. The van der Waals surface area contributed by atoms with E-state index in [9.17, 15) is 4.79 Å². The van der Waals surface area contributed by atoms with Gasteiger partial charge in [0.05, 0.1) is 0 Å². The van der Waals surface area contributed by atoms with Crippen molar-refractivity contribution in [3.8, 4) is 0 Å². The molecule has 3 heteroatoms. The van der Waals surface area contributed by atoms with Crippen molar-refractivity contribution in [2.45, 2.75) is 32.1 Å². The van der Waals surface area contributed by atoms with Crippen LogP contribution in [0.1, 0.15) is 32.1 Å². The van der Waals surface area contributed by atoms with Crippen molar-refractivity contribution in [2.24, 2.45) is 5.92 Å². The van der Waals surface area contributed by atoms with E-state index in [2.05, 4.69) is 22.3 Å². The molecular weight excluding hydrogens is 224 g/mol. The molecule has 0 bridgehead atoms. The molecule has 2 aliphatic rings. The van der Waals surface area contributed by atoms with Crippen LogP contribution in [-0.4, -0.2) is 19.0 Å². The van der Waals surface area contributed by atoms with E-state index in [1.807, 2.05) is 12.1 Å². The van der Waals surface area contributed by atoms with Crippen LogP contribution in [0, 0.1) is 5.92 Å². The maximum atomic E-state index is 11.6. The van der Waals surface area contributed by atoms with Crippen LogP contribution in [0.25, 0.3) is 0 Å². The van der Waals surface area contributed by atoms with Gasteiger partial charge in [-0.1, -0.05) is 0 Å². The summed E-state index contributed by atoms with van der Waals surface area (Å²) in [6.45, 7) is 2.32. The van der Waals surface area contributed by atoms with E-state index in [0.717, 1.165) is 31.6 Å². The van der Waals surface area contributed by atoms with Gasteiger partial charge in [0.2, 0.25) is 5.91 Å². The molecule has 0 spiro atoms. The van der Waals surface area contributed by atoms with Gasteiger partial charge in [0.25, 0.3) is 0 Å². The van der Waals surface area contributed by atoms with Crippen molar-refractivity contribution in [1.29, 1.82) is 0 Å². The van der Waals surface area contributed by atoms with Gasteiger partial charge in [-0.2, -0.15) is 0 Å². The Morgan fingerprint density at radius 2 is 1.72 bits per heavy atom. The van der Waals surface area contributed by atoms with Crippen molar-refractivity contribution in [2.75, 3.05) is 23.3 Å². The first kappa shape index (κ1) is 11.6. The Morgan fingerprint density at radius 1 is 1.06 bits per heavy atom. The van der Waals surface area contributed by atoms with E-state index >= 15 is 0 Å². The minimum absolute atomic E-state index is 0.181. The molecule has 1 aromatic carbocycles. The van der Waals surface area contributed by atoms with E-state index in [1.54, 1.807) is 0 Å². The lowest BCUT2D eigenvalue weighted by Gasteiger charge is -2.28. The maximum Gasteiger partial charge on any atom is 0.227 e. The van der Waals surface area contributed by atoms with Crippen LogP contribution >= 0.6 is 0 Å². The molecular formula is C15H20N2O. The van der Waals surface area contributed by atoms with Crippen molar-refractivity contribution in [1.82, 2.24) is 0 Å². The number of rotatable bonds is 3. The number of hydrogen-bond acceptors (Lipinski definition) is 2. The molecule has 1 amide bonds. The predicted molar refractivity (Wildman–Crippen MR) is 73.9 cm³/mol. The molecule has 96 valence electrons. The van der Waals surface area contributed by atoms with Gasteiger partial charge >= 0.3 is 0 Å². The molecule has 2 fully saturated rings. The van der Waals surface area contributed by atoms with Crippen LogP contribution < -0.4 is 10.2 Å². The van der Waals surface area contributed by atoms with Crippen LogP contribution in [0.2, 0.25) is 0 Å². The molecule has 3 nitrogen and oxygen atoms in total. The third-order valence-electron chi connectivity index (χ3n) is 3.80. The number of nitrogens with zero attached hydrogens (tertiary/aromatic N) is 1. The predicted octanol–water partition coefficient (Wildman–Crippen LogP) is 3.03. The van der Waals surface area contributed by atoms with Gasteiger partial charge in [-0.15, -0.1) is 0 Å². The Labute approximate surface area is 108 Å². The summed E-state index contributed by atoms with van der Waals surface area (Å²) in [6, 6.07) is 8.27. The van der Waals surface area contributed by atoms with Gasteiger partial charge in [0.1, 0.15) is 0 Å². The van der Waals surface area contributed by atoms with Gasteiger partial charge < -0.3 is 10.2 Å². The molecule has 3 rings (SSSR count). The summed E-state index contributed by atoms with van der Waals surface area (Å²) < 4.78 is 0. The smallest absolute Gasteiger partial charge is 0.227 e. The van der Waals surface area contributed by atoms with Gasteiger partial charge in [-0.05, 0) is 56.4 Å². The SMILES string of the molecule is O=C(Nc1ccc(N2CCCCC2)cc1)C1CC1. The Hall–Kier alpha value is -1.51. The molecule has 0 unspecified atom stereocenters. The van der Waals surface area contributed by atoms with Gasteiger partial charge in [0, 0.05) is 30.4 Å². The number of anilines is 2. The monoisotopic (exact) mass is 244 g/mol. The molecule has 0 aromatic heterocycles. The highest BCUT2D eigenvalue weighted by Crippen LogP contribution is 2.30. The maximum absolute atomic E-state index is 11.6. The van der Waals surface area contributed by atoms with E-state index in [0.29, 0.717) is 0 Å². The fourth-order valence-electron chi connectivity index (χ4n) is 2.50. The van der Waals surface area contributed by atoms with Crippen molar-refractivity contribution < 1.29 is 4.79 Å². The fourth-order valence-corrected chi connectivity index (χ4v) is 2.50. The summed E-state index contributed by atoms with van der Waals surface area (Å²) in [6.07, 6.45) is 6.04. The number of carbonyl (C=O) groups excluding carboxylic acids is 1. The standard InChI is InChI=1S/C15H20N2O/c18-15(12-4-5-12)16-13-6-8-14(9-7-13)17-10-2-1-3-11-17/h6-9,12H,1-5,10-11H2,(H,16,18). The summed E-state index contributed by atoms with van der Waals surface area (Å²) in [4.78, 5) is 14.1. The molecule has 1 saturated carbocycles. The fraction of sp³-hybridized carbons (Fsp3) is 0.533. The summed E-state index contributed by atoms with van der Waals surface area (Å²) >= 11 is 0. The van der Waals surface area contributed by atoms with E-state index in [4.69, 9.17) is 0 Å². The second-order valence-corrected chi connectivity index (χ2v) is 5.36. The normalized spacial score (nSPS) is 19.7. The van der Waals surface area contributed by atoms with Crippen LogP contribution in [0.5, 0.6) is 0 Å². The second kappa shape index (κ2) is 5.01. The summed E-state index contributed by atoms with van der Waals surface area (Å²) in [5.74, 6) is 0.451. The quantitative estimate of drug-likeness (QED) is 0.886. The molecule has 1 N–H and O–H groups in total. The summed E-state index contributed by atoms with van der Waals surface area (Å²) in [5, 5.41) is 2.98. The number of amides is 1. The van der Waals surface area contributed by atoms with Gasteiger partial charge in [-0.3, -0.25) is 4.79 Å². The van der Waals surface area contributed by atoms with Crippen LogP contribution in [0.15, 0.2) is 24.3 Å². The lowest BCUT2D eigenvalue weighted by Crippen LogP contribution is -2.29. The highest BCUT2D eigenvalue weighted by Gasteiger charge is 2.29. The Kier molecular flexibility index (Phi) is 3.22. The largest absolute Gasteiger partial charge is 0.372 e. The molecule has 0 radical (unpaired) electrons. The van der Waals surface area contributed by atoms with E-state index in [-0.39, 0.29) is 11.8 Å². The number of piperidine rings is 1. The molecule has 0 atom stereocenters. The highest BCUT2D eigenvalue weighted by atomic mass is 16.2. The molecule has 1 saturated heterocycles. The first-order chi connectivity index (χ1) is 8.83. The Morgan fingerprint density at radius 3 is 2.33 bits per heavy atom. The summed E-state index contributed by atoms with van der Waals surface area (Å²) in [7, 11) is 0. The first-order valence-corrected chi connectivity index (χ1v) is 6.99. The zero-order chi connectivity index (χ0) is 12.4. The minimum atomic E-state index is 0.181. The van der Waals surface area contributed by atoms with Gasteiger partial charge in [-0.25, -0.2) is 0 Å². The zero-order valence-corrected chi connectivity index (χ0v) is 10.7. The lowest BCUT2D eigenvalue weighted by molar-refractivity contribution is -0.117. The van der Waals surface area contributed by atoms with Crippen LogP contribution in [0.3, 0.4) is 0 Å². The zero-order valence-electron chi connectivity index (χ0n) is 10.7. The first-order valence-electron chi connectivity index (χ1n) is 6.99. The topological polar surface area (TPSA) is 32.3 Å². The molecule has 1 aliphatic carbocycles. The molecule has 1 aromatic rings. The van der Waals surface area contributed by atoms with E-state index in [1.165, 1.54) is 24.9 Å². The Balaban J connectivity index is 1.62.